The van der Waals surface area contributed by atoms with Crippen molar-refractivity contribution in [3.63, 3.8) is 0 Å². The van der Waals surface area contributed by atoms with Gasteiger partial charge in [0.05, 0.1) is 12.4 Å². The van der Waals surface area contributed by atoms with Gasteiger partial charge in [-0.15, -0.1) is 0 Å². The van der Waals surface area contributed by atoms with E-state index in [0.717, 1.165) is 6.54 Å². The average molecular weight is 264 g/mol. The van der Waals surface area contributed by atoms with Gasteiger partial charge < -0.3 is 10.1 Å². The summed E-state index contributed by atoms with van der Waals surface area (Å²) in [7, 11) is 0.734. The molecule has 5 nitrogen and oxygen atoms in total. The maximum atomic E-state index is 11.1. The van der Waals surface area contributed by atoms with Gasteiger partial charge >= 0.3 is 0 Å². The van der Waals surface area contributed by atoms with Crippen LogP contribution in [-0.2, 0) is 14.6 Å². The molecule has 1 N–H and O–H groups in total. The van der Waals surface area contributed by atoms with Crippen LogP contribution in [0.1, 0.15) is 12.8 Å². The van der Waals surface area contributed by atoms with E-state index in [1.807, 2.05) is 7.05 Å². The van der Waals surface area contributed by atoms with E-state index < -0.39 is 9.84 Å². The first-order chi connectivity index (χ1) is 7.92. The van der Waals surface area contributed by atoms with Crippen molar-refractivity contribution in [2.24, 2.45) is 0 Å². The molecule has 102 valence electrons. The van der Waals surface area contributed by atoms with Crippen LogP contribution in [0.4, 0.5) is 0 Å². The quantitative estimate of drug-likeness (QED) is 0.621. The highest BCUT2D eigenvalue weighted by atomic mass is 32.2. The van der Waals surface area contributed by atoms with Gasteiger partial charge in [0.25, 0.3) is 0 Å². The minimum absolute atomic E-state index is 0.202. The molecule has 1 fully saturated rings. The lowest BCUT2D eigenvalue weighted by Crippen LogP contribution is -2.45. The molecule has 0 amide bonds. The maximum Gasteiger partial charge on any atom is 0.148 e. The Morgan fingerprint density at radius 3 is 2.59 bits per heavy atom. The van der Waals surface area contributed by atoms with Crippen molar-refractivity contribution in [2.75, 3.05) is 45.9 Å². The van der Waals surface area contributed by atoms with E-state index in [1.165, 1.54) is 19.1 Å². The van der Waals surface area contributed by atoms with Gasteiger partial charge in [-0.1, -0.05) is 0 Å². The first-order valence-electron chi connectivity index (χ1n) is 6.02. The Kier molecular flexibility index (Phi) is 5.85. The number of nitrogens with one attached hydrogen (secondary N) is 1. The van der Waals surface area contributed by atoms with Gasteiger partial charge in [0.2, 0.25) is 0 Å². The average Bonchev–Trinajstić information content (AvgIpc) is 3.03. The first-order valence-corrected chi connectivity index (χ1v) is 8.08. The summed E-state index contributed by atoms with van der Waals surface area (Å²) in [6.45, 7) is 2.04. The third kappa shape index (κ3) is 6.98. The van der Waals surface area contributed by atoms with Gasteiger partial charge in [-0.2, -0.15) is 0 Å². The van der Waals surface area contributed by atoms with E-state index in [0.29, 0.717) is 19.2 Å². The molecule has 0 aromatic rings. The Bertz CT molecular complexity index is 315. The number of hydrogen-bond acceptors (Lipinski definition) is 5. The van der Waals surface area contributed by atoms with Crippen molar-refractivity contribution >= 4 is 9.84 Å². The maximum absolute atomic E-state index is 11.1. The molecule has 1 atom stereocenters. The summed E-state index contributed by atoms with van der Waals surface area (Å²) in [6.07, 6.45) is 3.79. The molecule has 0 saturated heterocycles. The van der Waals surface area contributed by atoms with Crippen molar-refractivity contribution in [1.82, 2.24) is 10.2 Å². The molecule has 0 spiro atoms. The number of hydrogen-bond donors (Lipinski definition) is 1. The fourth-order valence-electron chi connectivity index (χ4n) is 1.62. The Balaban J connectivity index is 2.32. The molecule has 1 saturated carbocycles. The summed E-state index contributed by atoms with van der Waals surface area (Å²) in [5, 5.41) is 3.45. The highest BCUT2D eigenvalue weighted by molar-refractivity contribution is 7.90. The minimum atomic E-state index is -2.89. The summed E-state index contributed by atoms with van der Waals surface area (Å²) >= 11 is 0. The van der Waals surface area contributed by atoms with Crippen molar-refractivity contribution in [3.05, 3.63) is 0 Å². The van der Waals surface area contributed by atoms with Gasteiger partial charge in [0, 0.05) is 38.5 Å². The highest BCUT2D eigenvalue weighted by Crippen LogP contribution is 2.18. The molecule has 0 aromatic carbocycles. The smallest absolute Gasteiger partial charge is 0.148 e. The van der Waals surface area contributed by atoms with Crippen LogP contribution in [0.15, 0.2) is 0 Å². The van der Waals surface area contributed by atoms with Gasteiger partial charge in [0.1, 0.15) is 9.84 Å². The molecular formula is C11H24N2O3S. The molecular weight excluding hydrogens is 240 g/mol. The second kappa shape index (κ2) is 6.68. The van der Waals surface area contributed by atoms with E-state index in [4.69, 9.17) is 4.74 Å². The van der Waals surface area contributed by atoms with Crippen LogP contribution in [0, 0.1) is 0 Å². The van der Waals surface area contributed by atoms with E-state index in [2.05, 4.69) is 10.2 Å². The molecule has 6 heteroatoms. The standard InChI is InChI=1S/C11H24N2O3S/c1-13(6-7-17(3,14)15)11(9-16-2)8-12-10-4-5-10/h10-12H,4-9H2,1-3H3. The van der Waals surface area contributed by atoms with Crippen LogP contribution >= 0.6 is 0 Å². The summed E-state index contributed by atoms with van der Waals surface area (Å²) in [6, 6.07) is 0.903. The summed E-state index contributed by atoms with van der Waals surface area (Å²) in [5.74, 6) is 0.202. The van der Waals surface area contributed by atoms with Crippen LogP contribution in [-0.4, -0.2) is 71.3 Å². The predicted octanol–water partition coefficient (Wildman–Crippen LogP) is -0.270. The number of likely N-dealkylation sites (N-methyl/N-ethyl adjacent to an activating group) is 1. The van der Waals surface area contributed by atoms with Crippen LogP contribution in [0.25, 0.3) is 0 Å². The SMILES string of the molecule is COCC(CNC1CC1)N(C)CCS(C)(=O)=O. The zero-order chi connectivity index (χ0) is 12.9. The van der Waals surface area contributed by atoms with Crippen molar-refractivity contribution in [2.45, 2.75) is 24.9 Å². The molecule has 0 aromatic heterocycles. The molecule has 1 unspecified atom stereocenters. The zero-order valence-electron chi connectivity index (χ0n) is 11.0. The van der Waals surface area contributed by atoms with Crippen LogP contribution in [0.2, 0.25) is 0 Å². The fourth-order valence-corrected chi connectivity index (χ4v) is 2.24. The van der Waals surface area contributed by atoms with Gasteiger partial charge in [-0.05, 0) is 19.9 Å². The number of nitrogens with zero attached hydrogens (tertiary/aromatic N) is 1. The van der Waals surface area contributed by atoms with Crippen molar-refractivity contribution in [1.29, 1.82) is 0 Å². The minimum Gasteiger partial charge on any atom is -0.383 e. The van der Waals surface area contributed by atoms with Gasteiger partial charge in [-0.25, -0.2) is 8.42 Å². The summed E-state index contributed by atoms with van der Waals surface area (Å²) in [4.78, 5) is 2.06. The zero-order valence-corrected chi connectivity index (χ0v) is 11.8. The number of rotatable bonds is 9. The number of methoxy groups -OCH3 is 1. The van der Waals surface area contributed by atoms with E-state index in [9.17, 15) is 8.42 Å². The molecule has 17 heavy (non-hydrogen) atoms. The monoisotopic (exact) mass is 264 g/mol. The van der Waals surface area contributed by atoms with E-state index >= 15 is 0 Å². The molecule has 0 bridgehead atoms. The molecule has 1 aliphatic rings. The van der Waals surface area contributed by atoms with Crippen LogP contribution < -0.4 is 5.32 Å². The second-order valence-corrected chi connectivity index (χ2v) is 7.16. The van der Waals surface area contributed by atoms with Crippen molar-refractivity contribution < 1.29 is 13.2 Å². The predicted molar refractivity (Wildman–Crippen MR) is 69.0 cm³/mol. The molecule has 0 radical (unpaired) electrons. The largest absolute Gasteiger partial charge is 0.383 e. The van der Waals surface area contributed by atoms with Gasteiger partial charge in [-0.3, -0.25) is 4.90 Å². The Morgan fingerprint density at radius 1 is 1.47 bits per heavy atom. The lowest BCUT2D eigenvalue weighted by molar-refractivity contribution is 0.108. The molecule has 1 rings (SSSR count). The Labute approximate surface area is 104 Å². The highest BCUT2D eigenvalue weighted by Gasteiger charge is 2.23. The van der Waals surface area contributed by atoms with Gasteiger partial charge in [0.15, 0.2) is 0 Å². The lowest BCUT2D eigenvalue weighted by Gasteiger charge is -2.27. The third-order valence-electron chi connectivity index (χ3n) is 3.02. The lowest BCUT2D eigenvalue weighted by atomic mass is 10.2. The van der Waals surface area contributed by atoms with Crippen molar-refractivity contribution in [3.8, 4) is 0 Å². The molecule has 0 heterocycles. The fraction of sp³-hybridized carbons (Fsp3) is 1.00. The van der Waals surface area contributed by atoms with Crippen LogP contribution in [0.5, 0.6) is 0 Å². The third-order valence-corrected chi connectivity index (χ3v) is 3.94. The topological polar surface area (TPSA) is 58.6 Å². The summed E-state index contributed by atoms with van der Waals surface area (Å²) in [5.41, 5.74) is 0. The van der Waals surface area contributed by atoms with E-state index in [-0.39, 0.29) is 11.8 Å². The number of sulfone groups is 1. The Hall–Kier alpha value is -0.170. The number of ether oxygens (including phenoxy) is 1. The van der Waals surface area contributed by atoms with Crippen LogP contribution in [0.3, 0.4) is 0 Å². The van der Waals surface area contributed by atoms with E-state index in [1.54, 1.807) is 7.11 Å². The summed E-state index contributed by atoms with van der Waals surface area (Å²) < 4.78 is 27.4. The normalized spacial score (nSPS) is 18.6. The first kappa shape index (κ1) is 14.9. The molecule has 0 aliphatic heterocycles. The molecule has 1 aliphatic carbocycles. The Morgan fingerprint density at radius 2 is 2.12 bits per heavy atom. The second-order valence-electron chi connectivity index (χ2n) is 4.90.